The number of nitrogens with zero attached hydrogens (tertiary/aromatic N) is 2. The van der Waals surface area contributed by atoms with Crippen molar-refractivity contribution in [2.45, 2.75) is 38.1 Å². The standard InChI is InChI=1S/C29H34N4O3S/c1-36-26-11-6-5-10-25(26)33-17-15-32(16-18-33)24-14-13-22(31-29(35)27-12-7-19-37-27)20-23(24)28(34)30-21-8-3-2-4-9-21/h5-7,10-14,19-21H,2-4,8-9,15-18H2,1H3,(H,30,34)(H,31,35). The number of ether oxygens (including phenoxy) is 1. The molecule has 1 aliphatic carbocycles. The summed E-state index contributed by atoms with van der Waals surface area (Å²) in [6, 6.07) is 17.6. The number of benzene rings is 2. The quantitative estimate of drug-likeness (QED) is 0.438. The van der Waals surface area contributed by atoms with Crippen molar-refractivity contribution in [3.8, 4) is 5.75 Å². The van der Waals surface area contributed by atoms with E-state index >= 15 is 0 Å². The van der Waals surface area contributed by atoms with Crippen LogP contribution in [0.4, 0.5) is 17.1 Å². The summed E-state index contributed by atoms with van der Waals surface area (Å²) in [4.78, 5) is 31.4. The molecule has 3 aromatic rings. The van der Waals surface area contributed by atoms with Crippen LogP contribution < -0.4 is 25.2 Å². The van der Waals surface area contributed by atoms with E-state index in [1.807, 2.05) is 47.8 Å². The van der Waals surface area contributed by atoms with Gasteiger partial charge < -0.3 is 25.2 Å². The molecular formula is C29H34N4O3S. The van der Waals surface area contributed by atoms with Crippen LogP contribution in [0.15, 0.2) is 60.0 Å². The highest BCUT2D eigenvalue weighted by molar-refractivity contribution is 7.12. The number of rotatable bonds is 7. The maximum absolute atomic E-state index is 13.5. The molecule has 0 unspecified atom stereocenters. The second-order valence-corrected chi connectivity index (χ2v) is 10.6. The van der Waals surface area contributed by atoms with Gasteiger partial charge in [0.15, 0.2) is 0 Å². The predicted molar refractivity (Wildman–Crippen MR) is 150 cm³/mol. The van der Waals surface area contributed by atoms with E-state index in [1.54, 1.807) is 13.2 Å². The first-order valence-electron chi connectivity index (χ1n) is 13.0. The molecule has 1 saturated carbocycles. The highest BCUT2D eigenvalue weighted by Gasteiger charge is 2.25. The zero-order valence-electron chi connectivity index (χ0n) is 21.2. The summed E-state index contributed by atoms with van der Waals surface area (Å²) >= 11 is 1.40. The molecule has 0 spiro atoms. The van der Waals surface area contributed by atoms with Crippen LogP contribution in [-0.4, -0.2) is 51.1 Å². The fourth-order valence-corrected chi connectivity index (χ4v) is 5.88. The van der Waals surface area contributed by atoms with Gasteiger partial charge in [-0.05, 0) is 54.6 Å². The minimum absolute atomic E-state index is 0.0683. The lowest BCUT2D eigenvalue weighted by molar-refractivity contribution is 0.0927. The van der Waals surface area contributed by atoms with Gasteiger partial charge in [0.1, 0.15) is 5.75 Å². The molecule has 2 amide bonds. The van der Waals surface area contributed by atoms with Crippen LogP contribution in [0.25, 0.3) is 0 Å². The highest BCUT2D eigenvalue weighted by Crippen LogP contribution is 2.31. The molecule has 1 saturated heterocycles. The number of methoxy groups -OCH3 is 1. The zero-order valence-corrected chi connectivity index (χ0v) is 22.1. The van der Waals surface area contributed by atoms with Crippen LogP contribution in [0.2, 0.25) is 0 Å². The van der Waals surface area contributed by atoms with Gasteiger partial charge in [-0.15, -0.1) is 11.3 Å². The smallest absolute Gasteiger partial charge is 0.265 e. The van der Waals surface area contributed by atoms with Crippen LogP contribution in [0, 0.1) is 0 Å². The first-order chi connectivity index (χ1) is 18.1. The number of nitrogens with one attached hydrogen (secondary N) is 2. The minimum Gasteiger partial charge on any atom is -0.495 e. The zero-order chi connectivity index (χ0) is 25.6. The number of para-hydroxylation sites is 2. The van der Waals surface area contributed by atoms with Gasteiger partial charge in [-0.2, -0.15) is 0 Å². The lowest BCUT2D eigenvalue weighted by Gasteiger charge is -2.38. The number of thiophene rings is 1. The summed E-state index contributed by atoms with van der Waals surface area (Å²) in [5.41, 5.74) is 3.23. The minimum atomic E-state index is -0.160. The van der Waals surface area contributed by atoms with Crippen molar-refractivity contribution in [3.63, 3.8) is 0 Å². The molecule has 2 N–H and O–H groups in total. The molecule has 37 heavy (non-hydrogen) atoms. The Labute approximate surface area is 222 Å². The molecule has 7 nitrogen and oxygen atoms in total. The molecule has 5 rings (SSSR count). The number of carbonyl (C=O) groups excluding carboxylic acids is 2. The summed E-state index contributed by atoms with van der Waals surface area (Å²) < 4.78 is 5.56. The molecular weight excluding hydrogens is 484 g/mol. The van der Waals surface area contributed by atoms with Crippen molar-refractivity contribution in [3.05, 3.63) is 70.4 Å². The molecule has 2 heterocycles. The number of amides is 2. The van der Waals surface area contributed by atoms with Crippen molar-refractivity contribution in [1.82, 2.24) is 5.32 Å². The topological polar surface area (TPSA) is 73.9 Å². The number of hydrogen-bond acceptors (Lipinski definition) is 6. The molecule has 2 aromatic carbocycles. The predicted octanol–water partition coefficient (Wildman–Crippen LogP) is 5.40. The van der Waals surface area contributed by atoms with Crippen molar-refractivity contribution in [2.75, 3.05) is 48.4 Å². The van der Waals surface area contributed by atoms with Gasteiger partial charge in [0.2, 0.25) is 0 Å². The average molecular weight is 519 g/mol. The summed E-state index contributed by atoms with van der Waals surface area (Å²) in [6.45, 7) is 3.20. The lowest BCUT2D eigenvalue weighted by atomic mass is 9.95. The van der Waals surface area contributed by atoms with Crippen LogP contribution in [0.3, 0.4) is 0 Å². The first-order valence-corrected chi connectivity index (χ1v) is 13.9. The highest BCUT2D eigenvalue weighted by atomic mass is 32.1. The molecule has 0 atom stereocenters. The Morgan fingerprint density at radius 2 is 1.59 bits per heavy atom. The maximum Gasteiger partial charge on any atom is 0.265 e. The normalized spacial score (nSPS) is 16.4. The molecule has 0 radical (unpaired) electrons. The Morgan fingerprint density at radius 1 is 0.865 bits per heavy atom. The monoisotopic (exact) mass is 518 g/mol. The van der Waals surface area contributed by atoms with Crippen LogP contribution in [0.5, 0.6) is 5.75 Å². The Kier molecular flexibility index (Phi) is 7.94. The van der Waals surface area contributed by atoms with Gasteiger partial charge in [0.25, 0.3) is 11.8 Å². The molecule has 194 valence electrons. The van der Waals surface area contributed by atoms with E-state index in [2.05, 4.69) is 26.5 Å². The van der Waals surface area contributed by atoms with Gasteiger partial charge >= 0.3 is 0 Å². The largest absolute Gasteiger partial charge is 0.495 e. The van der Waals surface area contributed by atoms with E-state index in [9.17, 15) is 9.59 Å². The Bertz CT molecular complexity index is 1220. The fourth-order valence-electron chi connectivity index (χ4n) is 5.26. The van der Waals surface area contributed by atoms with Gasteiger partial charge in [0, 0.05) is 43.6 Å². The number of anilines is 3. The Balaban J connectivity index is 1.35. The first kappa shape index (κ1) is 25.1. The molecule has 2 aliphatic rings. The van der Waals surface area contributed by atoms with Crippen molar-refractivity contribution in [1.29, 1.82) is 0 Å². The summed E-state index contributed by atoms with van der Waals surface area (Å²) in [6.07, 6.45) is 5.58. The van der Waals surface area contributed by atoms with Crippen molar-refractivity contribution >= 4 is 40.2 Å². The second kappa shape index (κ2) is 11.7. The number of carbonyl (C=O) groups is 2. The molecule has 0 bridgehead atoms. The Morgan fingerprint density at radius 3 is 2.30 bits per heavy atom. The van der Waals surface area contributed by atoms with E-state index in [0.717, 1.165) is 69.0 Å². The van der Waals surface area contributed by atoms with E-state index in [1.165, 1.54) is 17.8 Å². The van der Waals surface area contributed by atoms with E-state index in [0.29, 0.717) is 16.1 Å². The lowest BCUT2D eigenvalue weighted by Crippen LogP contribution is -2.47. The van der Waals surface area contributed by atoms with Crippen LogP contribution in [0.1, 0.15) is 52.1 Å². The number of piperazine rings is 1. The third-order valence-corrected chi connectivity index (χ3v) is 8.10. The molecule has 8 heteroatoms. The second-order valence-electron chi connectivity index (χ2n) is 9.62. The van der Waals surface area contributed by atoms with Crippen molar-refractivity contribution < 1.29 is 14.3 Å². The van der Waals surface area contributed by atoms with Gasteiger partial charge in [-0.3, -0.25) is 9.59 Å². The summed E-state index contributed by atoms with van der Waals surface area (Å²) in [5.74, 6) is 0.641. The van der Waals surface area contributed by atoms with Crippen LogP contribution in [-0.2, 0) is 0 Å². The third-order valence-electron chi connectivity index (χ3n) is 7.23. The third kappa shape index (κ3) is 5.91. The molecule has 1 aromatic heterocycles. The van der Waals surface area contributed by atoms with Gasteiger partial charge in [-0.25, -0.2) is 0 Å². The number of hydrogen-bond donors (Lipinski definition) is 2. The van der Waals surface area contributed by atoms with Gasteiger partial charge in [0.05, 0.1) is 23.2 Å². The Hall–Kier alpha value is -3.52. The summed E-state index contributed by atoms with van der Waals surface area (Å²) in [7, 11) is 1.70. The van der Waals surface area contributed by atoms with Crippen LogP contribution >= 0.6 is 11.3 Å². The SMILES string of the molecule is COc1ccccc1N1CCN(c2ccc(NC(=O)c3cccs3)cc2C(=O)NC2CCCCC2)CC1. The van der Waals surface area contributed by atoms with E-state index in [4.69, 9.17) is 4.74 Å². The molecule has 1 aliphatic heterocycles. The summed E-state index contributed by atoms with van der Waals surface area (Å²) in [5, 5.41) is 8.12. The van der Waals surface area contributed by atoms with Crippen molar-refractivity contribution in [2.24, 2.45) is 0 Å². The average Bonchev–Trinajstić information content (AvgIpc) is 3.49. The van der Waals surface area contributed by atoms with Gasteiger partial charge in [-0.1, -0.05) is 37.5 Å². The maximum atomic E-state index is 13.5. The molecule has 2 fully saturated rings. The van der Waals surface area contributed by atoms with E-state index < -0.39 is 0 Å². The fraction of sp³-hybridized carbons (Fsp3) is 0.379. The van der Waals surface area contributed by atoms with E-state index in [-0.39, 0.29) is 17.9 Å².